The molecule has 1 aromatic carbocycles. The molecule has 0 aliphatic rings. The molecule has 0 saturated carbocycles. The Labute approximate surface area is 76.8 Å². The van der Waals surface area contributed by atoms with Crippen LogP contribution in [-0.2, 0) is 5.79 Å². The molecular formula is C8H4F4N2. The minimum atomic E-state index is -3.74. The molecule has 1 unspecified atom stereocenters. The number of hydrogen-bond donors (Lipinski definition) is 0. The van der Waals surface area contributed by atoms with E-state index in [1.54, 1.807) is 0 Å². The second-order valence-corrected chi connectivity index (χ2v) is 2.45. The fourth-order valence-corrected chi connectivity index (χ4v) is 0.919. The van der Waals surface area contributed by atoms with Crippen molar-refractivity contribution in [3.8, 4) is 6.07 Å². The quantitative estimate of drug-likeness (QED) is 0.420. The summed E-state index contributed by atoms with van der Waals surface area (Å²) in [6.07, 6.45) is 0. The molecule has 0 fully saturated rings. The first-order valence-corrected chi connectivity index (χ1v) is 3.49. The molecular weight excluding hydrogens is 200 g/mol. The minimum absolute atomic E-state index is 0.704. The number of halogens is 4. The molecule has 0 bridgehead atoms. The van der Waals surface area contributed by atoms with Gasteiger partial charge in [0.15, 0.2) is 0 Å². The van der Waals surface area contributed by atoms with Crippen molar-refractivity contribution in [2.45, 2.75) is 5.79 Å². The molecule has 1 atom stereocenters. The van der Waals surface area contributed by atoms with E-state index in [1.807, 2.05) is 0 Å². The zero-order valence-electron chi connectivity index (χ0n) is 6.72. The first kappa shape index (κ1) is 10.5. The Bertz CT molecular complexity index is 374. The summed E-state index contributed by atoms with van der Waals surface area (Å²) in [6, 6.07) is 4.65. The van der Waals surface area contributed by atoms with Crippen LogP contribution in [-0.4, -0.2) is 5.34 Å². The van der Waals surface area contributed by atoms with Gasteiger partial charge in [-0.15, -0.1) is 0 Å². The van der Waals surface area contributed by atoms with Gasteiger partial charge < -0.3 is 0 Å². The Balaban J connectivity index is 3.28. The number of nitrogens with zero attached hydrogens (tertiary/aromatic N) is 2. The highest BCUT2D eigenvalue weighted by atomic mass is 19.4. The zero-order chi connectivity index (χ0) is 10.8. The molecule has 0 saturated heterocycles. The van der Waals surface area contributed by atoms with Gasteiger partial charge in [0.25, 0.3) is 0 Å². The average Bonchev–Trinajstić information content (AvgIpc) is 2.17. The molecule has 1 rings (SSSR count). The van der Waals surface area contributed by atoms with Gasteiger partial charge in [0.1, 0.15) is 11.9 Å². The van der Waals surface area contributed by atoms with Gasteiger partial charge in [0.2, 0.25) is 0 Å². The van der Waals surface area contributed by atoms with Crippen LogP contribution < -0.4 is 0 Å². The monoisotopic (exact) mass is 204 g/mol. The van der Waals surface area contributed by atoms with E-state index in [9.17, 15) is 17.7 Å². The second kappa shape index (κ2) is 3.64. The van der Waals surface area contributed by atoms with Crippen molar-refractivity contribution in [3.63, 3.8) is 0 Å². The highest BCUT2D eigenvalue weighted by Gasteiger charge is 2.43. The molecule has 2 nitrogen and oxygen atoms in total. The van der Waals surface area contributed by atoms with Crippen LogP contribution in [0.2, 0.25) is 0 Å². The summed E-state index contributed by atoms with van der Waals surface area (Å²) >= 11 is 0. The number of benzene rings is 1. The van der Waals surface area contributed by atoms with Crippen LogP contribution in [0.4, 0.5) is 17.7 Å². The Morgan fingerprint density at radius 3 is 2.29 bits per heavy atom. The van der Waals surface area contributed by atoms with Gasteiger partial charge >= 0.3 is 5.79 Å². The number of rotatable bonds is 2. The molecule has 0 amide bonds. The maximum Gasteiger partial charge on any atom is 0.333 e. The van der Waals surface area contributed by atoms with Gasteiger partial charge in [0, 0.05) is 0 Å². The summed E-state index contributed by atoms with van der Waals surface area (Å²) in [6.45, 7) is 0. The topological polar surface area (TPSA) is 27.0 Å². The van der Waals surface area contributed by atoms with Crippen molar-refractivity contribution in [3.05, 3.63) is 35.6 Å². The molecule has 14 heavy (non-hydrogen) atoms. The SMILES string of the molecule is N#CC(F)(c1ccccc1F)N(F)F. The summed E-state index contributed by atoms with van der Waals surface area (Å²) in [7, 11) is 0. The number of nitriles is 1. The third kappa shape index (κ3) is 1.54. The summed E-state index contributed by atoms with van der Waals surface area (Å²) in [4.78, 5) is 0. The van der Waals surface area contributed by atoms with E-state index in [-0.39, 0.29) is 0 Å². The van der Waals surface area contributed by atoms with Crippen LogP contribution in [0.3, 0.4) is 0 Å². The van der Waals surface area contributed by atoms with Crippen molar-refractivity contribution >= 4 is 0 Å². The smallest absolute Gasteiger partial charge is 0.206 e. The Kier molecular flexibility index (Phi) is 2.72. The first-order valence-electron chi connectivity index (χ1n) is 3.49. The molecule has 0 N–H and O–H groups in total. The second-order valence-electron chi connectivity index (χ2n) is 2.45. The van der Waals surface area contributed by atoms with E-state index >= 15 is 0 Å². The average molecular weight is 204 g/mol. The molecule has 0 aliphatic heterocycles. The fraction of sp³-hybridized carbons (Fsp3) is 0.125. The molecule has 74 valence electrons. The predicted molar refractivity (Wildman–Crippen MR) is 38.9 cm³/mol. The maximum atomic E-state index is 13.2. The van der Waals surface area contributed by atoms with Crippen molar-refractivity contribution in [2.24, 2.45) is 0 Å². The van der Waals surface area contributed by atoms with E-state index in [0.29, 0.717) is 6.07 Å². The van der Waals surface area contributed by atoms with Crippen molar-refractivity contribution < 1.29 is 17.7 Å². The predicted octanol–water partition coefficient (Wildman–Crippen LogP) is 2.54. The zero-order valence-corrected chi connectivity index (χ0v) is 6.72. The van der Waals surface area contributed by atoms with Gasteiger partial charge in [-0.05, 0) is 6.07 Å². The molecule has 0 radical (unpaired) electrons. The van der Waals surface area contributed by atoms with Crippen LogP contribution in [0.15, 0.2) is 24.3 Å². The van der Waals surface area contributed by atoms with E-state index in [4.69, 9.17) is 5.26 Å². The van der Waals surface area contributed by atoms with Crippen molar-refractivity contribution in [1.82, 2.24) is 5.34 Å². The lowest BCUT2D eigenvalue weighted by molar-refractivity contribution is -0.262. The van der Waals surface area contributed by atoms with Crippen molar-refractivity contribution in [2.75, 3.05) is 0 Å². The van der Waals surface area contributed by atoms with E-state index in [2.05, 4.69) is 0 Å². The molecule has 0 aromatic heterocycles. The number of hydrogen-bond acceptors (Lipinski definition) is 2. The van der Waals surface area contributed by atoms with Crippen LogP contribution in [0.5, 0.6) is 0 Å². The van der Waals surface area contributed by atoms with Gasteiger partial charge in [0.05, 0.1) is 10.9 Å². The summed E-state index contributed by atoms with van der Waals surface area (Å²) in [5.74, 6) is -4.94. The van der Waals surface area contributed by atoms with Crippen LogP contribution >= 0.6 is 0 Å². The highest BCUT2D eigenvalue weighted by molar-refractivity contribution is 5.28. The Hall–Kier alpha value is -1.61. The summed E-state index contributed by atoms with van der Waals surface area (Å²) in [5.41, 5.74) is -1.01. The van der Waals surface area contributed by atoms with Crippen molar-refractivity contribution in [1.29, 1.82) is 5.26 Å². The lowest BCUT2D eigenvalue weighted by Crippen LogP contribution is -2.31. The van der Waals surface area contributed by atoms with Crippen LogP contribution in [0.25, 0.3) is 0 Å². The third-order valence-electron chi connectivity index (χ3n) is 1.61. The van der Waals surface area contributed by atoms with Crippen LogP contribution in [0, 0.1) is 17.1 Å². The Morgan fingerprint density at radius 1 is 1.29 bits per heavy atom. The molecule has 1 aromatic rings. The molecule has 0 spiro atoms. The normalized spacial score (nSPS) is 14.9. The maximum absolute atomic E-state index is 13.2. The van der Waals surface area contributed by atoms with Gasteiger partial charge in [-0.2, -0.15) is 9.65 Å². The van der Waals surface area contributed by atoms with Gasteiger partial charge in [-0.25, -0.2) is 4.39 Å². The molecule has 0 heterocycles. The number of alkyl halides is 1. The minimum Gasteiger partial charge on any atom is -0.206 e. The molecule has 6 heteroatoms. The standard InChI is InChI=1S/C8H4F4N2/c9-7-4-2-1-3-6(7)8(10,5-13)14(11)12/h1-4H. The first-order chi connectivity index (χ1) is 6.52. The van der Waals surface area contributed by atoms with E-state index < -0.39 is 22.5 Å². The van der Waals surface area contributed by atoms with Crippen LogP contribution in [0.1, 0.15) is 5.56 Å². The third-order valence-corrected chi connectivity index (χ3v) is 1.61. The van der Waals surface area contributed by atoms with E-state index in [1.165, 1.54) is 6.07 Å². The molecule has 0 aliphatic carbocycles. The Morgan fingerprint density at radius 2 is 1.86 bits per heavy atom. The summed E-state index contributed by atoms with van der Waals surface area (Å²) < 4.78 is 50.1. The largest absolute Gasteiger partial charge is 0.333 e. The summed E-state index contributed by atoms with van der Waals surface area (Å²) in [5, 5.41) is 6.25. The van der Waals surface area contributed by atoms with Gasteiger partial charge in [-0.3, -0.25) is 0 Å². The van der Waals surface area contributed by atoms with E-state index in [0.717, 1.165) is 18.2 Å². The lowest BCUT2D eigenvalue weighted by Gasteiger charge is -2.17. The highest BCUT2D eigenvalue weighted by Crippen LogP contribution is 2.32. The fourth-order valence-electron chi connectivity index (χ4n) is 0.919. The lowest BCUT2D eigenvalue weighted by atomic mass is 10.1. The van der Waals surface area contributed by atoms with Gasteiger partial charge in [-0.1, -0.05) is 27.2 Å².